The molecule has 2 fully saturated rings. The number of amides is 1. The van der Waals surface area contributed by atoms with Crippen molar-refractivity contribution in [3.8, 4) is 0 Å². The van der Waals surface area contributed by atoms with Crippen molar-refractivity contribution >= 4 is 11.9 Å². The first-order chi connectivity index (χ1) is 6.41. The molecule has 0 radical (unpaired) electrons. The standard InChI is InChI=1S/C8H11NO5/c1-8(2)13-4-3(7(11)12)9-6(10)5(4)14-8/h3-5H,1-2H3,(H,9,10)(H,11,12). The number of aliphatic carboxylic acids is 1. The first-order valence-electron chi connectivity index (χ1n) is 4.29. The molecule has 78 valence electrons. The van der Waals surface area contributed by atoms with Gasteiger partial charge in [-0.3, -0.25) is 4.79 Å². The van der Waals surface area contributed by atoms with Crippen LogP contribution in [-0.4, -0.2) is 41.0 Å². The van der Waals surface area contributed by atoms with Gasteiger partial charge in [0.2, 0.25) is 0 Å². The lowest BCUT2D eigenvalue weighted by Crippen LogP contribution is -2.42. The summed E-state index contributed by atoms with van der Waals surface area (Å²) in [6, 6.07) is -1.01. The molecule has 0 aromatic heterocycles. The van der Waals surface area contributed by atoms with E-state index in [1.807, 2.05) is 0 Å². The second-order valence-electron chi connectivity index (χ2n) is 3.85. The number of carboxylic acids is 1. The second-order valence-corrected chi connectivity index (χ2v) is 3.85. The first-order valence-corrected chi connectivity index (χ1v) is 4.29. The molecule has 14 heavy (non-hydrogen) atoms. The number of ether oxygens (including phenoxy) is 2. The number of fused-ring (bicyclic) bond motifs is 1. The molecular weight excluding hydrogens is 190 g/mol. The molecule has 0 aliphatic carbocycles. The Labute approximate surface area is 80.2 Å². The highest BCUT2D eigenvalue weighted by molar-refractivity contribution is 5.92. The van der Waals surface area contributed by atoms with Crippen LogP contribution in [0.3, 0.4) is 0 Å². The summed E-state index contributed by atoms with van der Waals surface area (Å²) in [7, 11) is 0. The summed E-state index contributed by atoms with van der Waals surface area (Å²) in [6.07, 6.45) is -1.53. The van der Waals surface area contributed by atoms with E-state index >= 15 is 0 Å². The van der Waals surface area contributed by atoms with E-state index in [-0.39, 0.29) is 0 Å². The van der Waals surface area contributed by atoms with E-state index in [1.165, 1.54) is 0 Å². The van der Waals surface area contributed by atoms with Crippen molar-refractivity contribution < 1.29 is 24.2 Å². The Kier molecular flexibility index (Phi) is 1.80. The van der Waals surface area contributed by atoms with Crippen molar-refractivity contribution in [2.24, 2.45) is 0 Å². The zero-order chi connectivity index (χ0) is 10.5. The van der Waals surface area contributed by atoms with Crippen LogP contribution in [0, 0.1) is 0 Å². The minimum atomic E-state index is -1.10. The Hall–Kier alpha value is -1.14. The Morgan fingerprint density at radius 1 is 1.50 bits per heavy atom. The van der Waals surface area contributed by atoms with Gasteiger partial charge in [-0.1, -0.05) is 0 Å². The maximum atomic E-state index is 11.3. The van der Waals surface area contributed by atoms with Gasteiger partial charge in [-0.15, -0.1) is 0 Å². The van der Waals surface area contributed by atoms with E-state index in [4.69, 9.17) is 14.6 Å². The van der Waals surface area contributed by atoms with Gasteiger partial charge in [0.15, 0.2) is 17.9 Å². The smallest absolute Gasteiger partial charge is 0.329 e. The van der Waals surface area contributed by atoms with Gasteiger partial charge < -0.3 is 19.9 Å². The second kappa shape index (κ2) is 2.68. The van der Waals surface area contributed by atoms with Gasteiger partial charge in [0.25, 0.3) is 5.91 Å². The highest BCUT2D eigenvalue weighted by Gasteiger charge is 2.56. The van der Waals surface area contributed by atoms with Crippen molar-refractivity contribution in [1.29, 1.82) is 0 Å². The summed E-state index contributed by atoms with van der Waals surface area (Å²) in [5, 5.41) is 11.1. The van der Waals surface area contributed by atoms with Crippen LogP contribution >= 0.6 is 0 Å². The van der Waals surface area contributed by atoms with Crippen LogP contribution in [0.2, 0.25) is 0 Å². The maximum Gasteiger partial charge on any atom is 0.329 e. The largest absolute Gasteiger partial charge is 0.480 e. The zero-order valence-corrected chi connectivity index (χ0v) is 7.81. The third kappa shape index (κ3) is 1.27. The molecule has 2 heterocycles. The van der Waals surface area contributed by atoms with E-state index in [0.29, 0.717) is 0 Å². The van der Waals surface area contributed by atoms with Gasteiger partial charge in [0, 0.05) is 0 Å². The number of carboxylic acid groups (broad SMARTS) is 1. The van der Waals surface area contributed by atoms with Crippen molar-refractivity contribution in [3.05, 3.63) is 0 Å². The highest BCUT2D eigenvalue weighted by atomic mass is 16.8. The summed E-state index contributed by atoms with van der Waals surface area (Å²) >= 11 is 0. The average molecular weight is 201 g/mol. The minimum Gasteiger partial charge on any atom is -0.480 e. The third-order valence-corrected chi connectivity index (χ3v) is 2.28. The summed E-state index contributed by atoms with van der Waals surface area (Å²) in [6.45, 7) is 3.30. The number of hydrogen-bond acceptors (Lipinski definition) is 4. The molecule has 3 atom stereocenters. The normalized spacial score (nSPS) is 39.3. The fourth-order valence-corrected chi connectivity index (χ4v) is 1.76. The molecule has 2 rings (SSSR count). The van der Waals surface area contributed by atoms with Gasteiger partial charge in [-0.2, -0.15) is 0 Å². The van der Waals surface area contributed by atoms with Crippen LogP contribution < -0.4 is 5.32 Å². The molecule has 0 aromatic carbocycles. The summed E-state index contributed by atoms with van der Waals surface area (Å²) in [5.41, 5.74) is 0. The van der Waals surface area contributed by atoms with E-state index in [0.717, 1.165) is 0 Å². The van der Waals surface area contributed by atoms with Crippen LogP contribution in [0.5, 0.6) is 0 Å². The number of carbonyl (C=O) groups excluding carboxylic acids is 1. The molecule has 3 unspecified atom stereocenters. The van der Waals surface area contributed by atoms with Gasteiger partial charge in [0.1, 0.15) is 6.10 Å². The molecule has 0 saturated carbocycles. The van der Waals surface area contributed by atoms with Gasteiger partial charge in [-0.05, 0) is 13.8 Å². The molecule has 2 aliphatic rings. The SMILES string of the molecule is CC1(C)OC2C(=O)NC(C(=O)O)C2O1. The summed E-state index contributed by atoms with van der Waals surface area (Å²) in [4.78, 5) is 22.0. The lowest BCUT2D eigenvalue weighted by molar-refractivity contribution is -0.167. The van der Waals surface area contributed by atoms with Gasteiger partial charge in [-0.25, -0.2) is 4.79 Å². The average Bonchev–Trinajstić information content (AvgIpc) is 2.47. The maximum absolute atomic E-state index is 11.3. The number of nitrogens with one attached hydrogen (secondary N) is 1. The lowest BCUT2D eigenvalue weighted by Gasteiger charge is -2.19. The fourth-order valence-electron chi connectivity index (χ4n) is 1.76. The van der Waals surface area contributed by atoms with Crippen LogP contribution in [0.15, 0.2) is 0 Å². The van der Waals surface area contributed by atoms with Crippen LogP contribution in [-0.2, 0) is 19.1 Å². The third-order valence-electron chi connectivity index (χ3n) is 2.28. The van der Waals surface area contributed by atoms with Crippen LogP contribution in [0.1, 0.15) is 13.8 Å². The molecular formula is C8H11NO5. The first kappa shape index (κ1) is 9.42. The van der Waals surface area contributed by atoms with Crippen molar-refractivity contribution in [1.82, 2.24) is 5.32 Å². The van der Waals surface area contributed by atoms with Crippen molar-refractivity contribution in [2.75, 3.05) is 0 Å². The monoisotopic (exact) mass is 201 g/mol. The number of carbonyl (C=O) groups is 2. The van der Waals surface area contributed by atoms with Crippen molar-refractivity contribution in [2.45, 2.75) is 37.9 Å². The van der Waals surface area contributed by atoms with Crippen LogP contribution in [0.4, 0.5) is 0 Å². The number of rotatable bonds is 1. The molecule has 1 amide bonds. The molecule has 2 saturated heterocycles. The van der Waals surface area contributed by atoms with E-state index in [2.05, 4.69) is 5.32 Å². The molecule has 0 aromatic rings. The highest BCUT2D eigenvalue weighted by Crippen LogP contribution is 2.33. The Bertz CT molecular complexity index is 300. The molecule has 6 nitrogen and oxygen atoms in total. The fraction of sp³-hybridized carbons (Fsp3) is 0.750. The van der Waals surface area contributed by atoms with E-state index in [9.17, 15) is 9.59 Å². The molecule has 0 spiro atoms. The summed E-state index contributed by atoms with van der Waals surface area (Å²) < 4.78 is 10.6. The minimum absolute atomic E-state index is 0.423. The Balaban J connectivity index is 2.23. The summed E-state index contributed by atoms with van der Waals surface area (Å²) in [5.74, 6) is -2.42. The quantitative estimate of drug-likeness (QED) is 0.573. The Morgan fingerprint density at radius 3 is 2.71 bits per heavy atom. The van der Waals surface area contributed by atoms with E-state index < -0.39 is 35.9 Å². The zero-order valence-electron chi connectivity index (χ0n) is 7.81. The number of hydrogen-bond donors (Lipinski definition) is 2. The molecule has 6 heteroatoms. The molecule has 0 bridgehead atoms. The van der Waals surface area contributed by atoms with Crippen LogP contribution in [0.25, 0.3) is 0 Å². The Morgan fingerprint density at radius 2 is 2.14 bits per heavy atom. The van der Waals surface area contributed by atoms with Gasteiger partial charge in [0.05, 0.1) is 0 Å². The molecule has 2 N–H and O–H groups in total. The predicted molar refractivity (Wildman–Crippen MR) is 43.4 cm³/mol. The van der Waals surface area contributed by atoms with Crippen molar-refractivity contribution in [3.63, 3.8) is 0 Å². The molecule has 2 aliphatic heterocycles. The lowest BCUT2D eigenvalue weighted by atomic mass is 10.1. The van der Waals surface area contributed by atoms with E-state index in [1.54, 1.807) is 13.8 Å². The topological polar surface area (TPSA) is 84.9 Å². The predicted octanol–water partition coefficient (Wildman–Crippen LogP) is -0.910. The van der Waals surface area contributed by atoms with Gasteiger partial charge >= 0.3 is 5.97 Å².